The zero-order valence-corrected chi connectivity index (χ0v) is 15.8. The van der Waals surface area contributed by atoms with Crippen molar-refractivity contribution in [3.8, 4) is 0 Å². The predicted molar refractivity (Wildman–Crippen MR) is 100 cm³/mol. The second kappa shape index (κ2) is 8.39. The lowest BCUT2D eigenvalue weighted by molar-refractivity contribution is 0.186. The maximum Gasteiger partial charge on any atom is 0.413 e. The van der Waals surface area contributed by atoms with E-state index in [-0.39, 0.29) is 11.9 Å². The topological polar surface area (TPSA) is 79.6 Å². The van der Waals surface area contributed by atoms with E-state index in [1.165, 1.54) is 13.2 Å². The Morgan fingerprint density at radius 2 is 2.11 bits per heavy atom. The summed E-state index contributed by atoms with van der Waals surface area (Å²) >= 11 is 0. The van der Waals surface area contributed by atoms with E-state index in [0.717, 1.165) is 31.5 Å². The monoisotopic (exact) mass is 376 g/mol. The zero-order valence-electron chi connectivity index (χ0n) is 15.8. The molecule has 0 aliphatic carbocycles. The molecule has 0 bridgehead atoms. The van der Waals surface area contributed by atoms with Crippen molar-refractivity contribution < 1.29 is 18.3 Å². The number of ether oxygens (including phenoxy) is 1. The number of carbonyl (C=O) groups is 1. The fourth-order valence-electron chi connectivity index (χ4n) is 3.40. The lowest BCUT2D eigenvalue weighted by atomic mass is 10.0. The van der Waals surface area contributed by atoms with Gasteiger partial charge in [-0.15, -0.1) is 0 Å². The lowest BCUT2D eigenvalue weighted by Crippen LogP contribution is -2.43. The number of methoxy groups -OCH3 is 1. The molecule has 2 heterocycles. The van der Waals surface area contributed by atoms with Crippen molar-refractivity contribution in [2.75, 3.05) is 30.4 Å². The molecule has 0 spiro atoms. The van der Waals surface area contributed by atoms with Crippen LogP contribution in [0.4, 0.5) is 20.8 Å². The van der Waals surface area contributed by atoms with Gasteiger partial charge in [-0.05, 0) is 31.4 Å². The third kappa shape index (κ3) is 4.57. The first-order chi connectivity index (χ1) is 13.0. The number of anilines is 2. The van der Waals surface area contributed by atoms with Crippen molar-refractivity contribution in [3.63, 3.8) is 0 Å². The summed E-state index contributed by atoms with van der Waals surface area (Å²) in [5.74, 6) is 0.604. The maximum atomic E-state index is 14.2. The van der Waals surface area contributed by atoms with Crippen LogP contribution in [-0.2, 0) is 11.3 Å². The van der Waals surface area contributed by atoms with Gasteiger partial charge in [0.25, 0.3) is 0 Å². The van der Waals surface area contributed by atoms with E-state index in [4.69, 9.17) is 4.42 Å². The van der Waals surface area contributed by atoms with Gasteiger partial charge in [-0.25, -0.2) is 14.2 Å². The van der Waals surface area contributed by atoms with Gasteiger partial charge in [-0.2, -0.15) is 0 Å². The third-order valence-electron chi connectivity index (χ3n) is 4.76. The summed E-state index contributed by atoms with van der Waals surface area (Å²) in [5.41, 5.74) is 2.29. The molecule has 0 atom stereocenters. The third-order valence-corrected chi connectivity index (χ3v) is 4.76. The van der Waals surface area contributed by atoms with Gasteiger partial charge in [0.15, 0.2) is 5.89 Å². The molecule has 7 nitrogen and oxygen atoms in total. The summed E-state index contributed by atoms with van der Waals surface area (Å²) in [6, 6.07) is 5.47. The molecular weight excluding hydrogens is 351 g/mol. The molecule has 1 aromatic heterocycles. The molecule has 2 aromatic rings. The second-order valence-electron chi connectivity index (χ2n) is 6.67. The molecule has 0 unspecified atom stereocenters. The first-order valence-corrected chi connectivity index (χ1v) is 9.02. The number of halogens is 1. The molecular formula is C19H25FN4O3. The number of piperidine rings is 1. The van der Waals surface area contributed by atoms with Gasteiger partial charge >= 0.3 is 6.09 Å². The fourth-order valence-corrected chi connectivity index (χ4v) is 3.40. The van der Waals surface area contributed by atoms with Gasteiger partial charge < -0.3 is 19.4 Å². The molecule has 2 N–H and O–H groups in total. The van der Waals surface area contributed by atoms with Crippen LogP contribution in [0.5, 0.6) is 0 Å². The van der Waals surface area contributed by atoms with Crippen molar-refractivity contribution in [3.05, 3.63) is 41.2 Å². The molecule has 8 heteroatoms. The van der Waals surface area contributed by atoms with Gasteiger partial charge in [-0.3, -0.25) is 5.32 Å². The summed E-state index contributed by atoms with van der Waals surface area (Å²) < 4.78 is 24.2. The Bertz CT molecular complexity index is 780. The number of aromatic nitrogens is 1. The molecule has 1 aliphatic rings. The largest absolute Gasteiger partial charge is 0.453 e. The van der Waals surface area contributed by atoms with Crippen LogP contribution in [0.1, 0.15) is 30.0 Å². The van der Waals surface area contributed by atoms with Gasteiger partial charge in [0, 0.05) is 32.6 Å². The van der Waals surface area contributed by atoms with E-state index in [0.29, 0.717) is 29.7 Å². The number of para-hydroxylation sites is 1. The van der Waals surface area contributed by atoms with Crippen LogP contribution in [0, 0.1) is 19.7 Å². The molecule has 3 rings (SSSR count). The average Bonchev–Trinajstić information content (AvgIpc) is 3.00. The summed E-state index contributed by atoms with van der Waals surface area (Å²) in [4.78, 5) is 17.8. The number of oxazole rings is 1. The number of hydrogen-bond donors (Lipinski definition) is 2. The SMILES string of the molecule is COC(=O)Nc1oc(C)nc1CNC1CCN(c2c(C)cccc2F)CC1. The molecule has 1 saturated heterocycles. The van der Waals surface area contributed by atoms with E-state index < -0.39 is 6.09 Å². The fraction of sp³-hybridized carbons (Fsp3) is 0.474. The van der Waals surface area contributed by atoms with Crippen LogP contribution in [0.3, 0.4) is 0 Å². The highest BCUT2D eigenvalue weighted by atomic mass is 19.1. The summed E-state index contributed by atoms with van der Waals surface area (Å²) in [6.45, 7) is 5.70. The van der Waals surface area contributed by atoms with E-state index >= 15 is 0 Å². The number of rotatable bonds is 5. The van der Waals surface area contributed by atoms with Gasteiger partial charge in [0.2, 0.25) is 5.88 Å². The molecule has 1 amide bonds. The summed E-state index contributed by atoms with van der Waals surface area (Å²) in [5, 5.41) is 5.98. The highest BCUT2D eigenvalue weighted by Gasteiger charge is 2.23. The number of hydrogen-bond acceptors (Lipinski definition) is 6. The number of nitrogens with zero attached hydrogens (tertiary/aromatic N) is 2. The Hall–Kier alpha value is -2.61. The van der Waals surface area contributed by atoms with Crippen molar-refractivity contribution in [2.24, 2.45) is 0 Å². The Morgan fingerprint density at radius 3 is 2.78 bits per heavy atom. The van der Waals surface area contributed by atoms with Crippen molar-refractivity contribution in [2.45, 2.75) is 39.3 Å². The minimum atomic E-state index is -0.596. The van der Waals surface area contributed by atoms with E-state index in [1.54, 1.807) is 13.0 Å². The molecule has 146 valence electrons. The Balaban J connectivity index is 1.55. The smallest absolute Gasteiger partial charge is 0.413 e. The highest BCUT2D eigenvalue weighted by molar-refractivity contribution is 5.83. The van der Waals surface area contributed by atoms with Gasteiger partial charge in [-0.1, -0.05) is 12.1 Å². The van der Waals surface area contributed by atoms with Crippen LogP contribution in [0.2, 0.25) is 0 Å². The summed E-state index contributed by atoms with van der Waals surface area (Å²) in [7, 11) is 1.29. The number of nitrogens with one attached hydrogen (secondary N) is 2. The van der Waals surface area contributed by atoms with E-state index in [1.807, 2.05) is 13.0 Å². The molecule has 1 fully saturated rings. The molecule has 1 aliphatic heterocycles. The van der Waals surface area contributed by atoms with Crippen molar-refractivity contribution in [1.29, 1.82) is 0 Å². The number of aryl methyl sites for hydroxylation is 2. The van der Waals surface area contributed by atoms with Gasteiger partial charge in [0.05, 0.1) is 12.8 Å². The van der Waals surface area contributed by atoms with Crippen LogP contribution >= 0.6 is 0 Å². The molecule has 1 aromatic carbocycles. The van der Waals surface area contributed by atoms with E-state index in [2.05, 4.69) is 25.3 Å². The molecule has 0 saturated carbocycles. The van der Waals surface area contributed by atoms with E-state index in [9.17, 15) is 9.18 Å². The second-order valence-corrected chi connectivity index (χ2v) is 6.67. The lowest BCUT2D eigenvalue weighted by Gasteiger charge is -2.35. The van der Waals surface area contributed by atoms with Crippen LogP contribution in [-0.4, -0.2) is 37.3 Å². The first kappa shape index (κ1) is 19.2. The Labute approximate surface area is 157 Å². The number of benzene rings is 1. The number of carbonyl (C=O) groups excluding carboxylic acids is 1. The zero-order chi connectivity index (χ0) is 19.4. The maximum absolute atomic E-state index is 14.2. The number of amides is 1. The molecule has 0 radical (unpaired) electrons. The Morgan fingerprint density at radius 1 is 1.37 bits per heavy atom. The van der Waals surface area contributed by atoms with Crippen LogP contribution < -0.4 is 15.5 Å². The van der Waals surface area contributed by atoms with Crippen molar-refractivity contribution in [1.82, 2.24) is 10.3 Å². The van der Waals surface area contributed by atoms with Crippen LogP contribution in [0.15, 0.2) is 22.6 Å². The molecule has 27 heavy (non-hydrogen) atoms. The van der Waals surface area contributed by atoms with Crippen LogP contribution in [0.25, 0.3) is 0 Å². The predicted octanol–water partition coefficient (Wildman–Crippen LogP) is 3.37. The van der Waals surface area contributed by atoms with Crippen molar-refractivity contribution >= 4 is 17.7 Å². The Kier molecular flexibility index (Phi) is 5.95. The first-order valence-electron chi connectivity index (χ1n) is 9.02. The standard InChI is InChI=1S/C19H25FN4O3/c1-12-5-4-6-15(20)17(12)24-9-7-14(8-10-24)21-11-16-18(23-19(25)26-3)27-13(2)22-16/h4-6,14,21H,7-11H2,1-3H3,(H,23,25). The minimum Gasteiger partial charge on any atom is -0.453 e. The summed E-state index contributed by atoms with van der Waals surface area (Å²) in [6.07, 6.45) is 1.19. The quantitative estimate of drug-likeness (QED) is 0.833. The normalized spacial score (nSPS) is 15.0. The average molecular weight is 376 g/mol. The highest BCUT2D eigenvalue weighted by Crippen LogP contribution is 2.27. The van der Waals surface area contributed by atoms with Gasteiger partial charge in [0.1, 0.15) is 11.5 Å². The minimum absolute atomic E-state index is 0.169.